The average Bonchev–Trinajstić information content (AvgIpc) is 1.74. The Labute approximate surface area is 560 Å². The van der Waals surface area contributed by atoms with Gasteiger partial charge in [0.2, 0.25) is 5.72 Å². The highest BCUT2D eigenvalue weighted by molar-refractivity contribution is 7.86. The molecule has 0 aromatic heterocycles. The summed E-state index contributed by atoms with van der Waals surface area (Å²) in [6.07, 6.45) is 11.5. The number of ether oxygens (including phenoxy) is 2. The number of hydrogen-bond donors (Lipinski definition) is 8. The molecule has 1 spiro atoms. The summed E-state index contributed by atoms with van der Waals surface area (Å²) < 4.78 is 56.0. The molecule has 16 rings (SSSR count). The van der Waals surface area contributed by atoms with E-state index in [2.05, 4.69) is 139 Å². The Bertz CT molecular complexity index is 4190. The minimum absolute atomic E-state index is 0.00580. The van der Waals surface area contributed by atoms with E-state index in [1.54, 1.807) is 12.1 Å². The molecule has 4 aliphatic carbocycles. The molecule has 13 nitrogen and oxygen atoms in total. The van der Waals surface area contributed by atoms with Gasteiger partial charge in [-0.05, 0) is 222 Å². The molecule has 14 unspecified atom stereocenters. The zero-order valence-corrected chi connectivity index (χ0v) is 55.6. The molecule has 14 heteroatoms. The number of phenols is 1. The number of benzene rings is 7. The maximum absolute atomic E-state index is 14.6. The van der Waals surface area contributed by atoms with Crippen molar-refractivity contribution in [2.75, 3.05) is 13.7 Å². The number of nitrogens with two attached hydrogens (primary N) is 2. The fourth-order valence-corrected chi connectivity index (χ4v) is 20.1. The topological polar surface area (TPSA) is 230 Å². The van der Waals surface area contributed by atoms with Crippen molar-refractivity contribution in [1.29, 1.82) is 0 Å². The molecule has 496 valence electrons. The van der Waals surface area contributed by atoms with Gasteiger partial charge in [-0.1, -0.05) is 159 Å². The number of aromatic hydroxyl groups is 1. The van der Waals surface area contributed by atoms with Crippen molar-refractivity contribution in [2.45, 2.75) is 175 Å². The Morgan fingerprint density at radius 3 is 2.35 bits per heavy atom. The van der Waals surface area contributed by atoms with Crippen molar-refractivity contribution >= 4 is 26.9 Å². The van der Waals surface area contributed by atoms with Crippen LogP contribution in [0, 0.1) is 46.8 Å². The van der Waals surface area contributed by atoms with Gasteiger partial charge in [-0.2, -0.15) is 8.42 Å². The highest BCUT2D eigenvalue weighted by atomic mass is 32.2. The highest BCUT2D eigenvalue weighted by Crippen LogP contribution is 2.61. The fourth-order valence-electron chi connectivity index (χ4n) is 19.0. The van der Waals surface area contributed by atoms with E-state index in [0.717, 1.165) is 112 Å². The van der Waals surface area contributed by atoms with Gasteiger partial charge in [-0.3, -0.25) is 4.55 Å². The molecule has 7 aromatic rings. The van der Waals surface area contributed by atoms with Crippen molar-refractivity contribution in [1.82, 2.24) is 5.32 Å². The largest absolute Gasteiger partial charge is 0.508 e. The Hall–Kier alpha value is -7.32. The first-order valence-corrected chi connectivity index (χ1v) is 36.3. The van der Waals surface area contributed by atoms with Crippen molar-refractivity contribution in [3.63, 3.8) is 0 Å². The second kappa shape index (κ2) is 26.6. The van der Waals surface area contributed by atoms with Gasteiger partial charge in [0, 0.05) is 55.0 Å². The van der Waals surface area contributed by atoms with Crippen LogP contribution in [0.4, 0.5) is 0 Å². The average molecular weight is 1300 g/mol. The lowest BCUT2D eigenvalue weighted by atomic mass is 9.57. The molecule has 5 aliphatic heterocycles. The van der Waals surface area contributed by atoms with Crippen LogP contribution in [0.15, 0.2) is 168 Å². The molecular formula is C81H92N4O9S. The summed E-state index contributed by atoms with van der Waals surface area (Å²) in [4.78, 5) is 5.29. The third-order valence-corrected chi connectivity index (χ3v) is 24.7. The Kier molecular flexibility index (Phi) is 18.2. The van der Waals surface area contributed by atoms with E-state index in [4.69, 9.17) is 25.9 Å². The van der Waals surface area contributed by atoms with Crippen LogP contribution in [0.25, 0.3) is 10.8 Å². The van der Waals surface area contributed by atoms with Gasteiger partial charge < -0.3 is 46.7 Å². The lowest BCUT2D eigenvalue weighted by Gasteiger charge is -2.52. The van der Waals surface area contributed by atoms with Crippen molar-refractivity contribution in [3.05, 3.63) is 225 Å². The van der Waals surface area contributed by atoms with E-state index < -0.39 is 56.7 Å². The third-order valence-electron chi connectivity index (χ3n) is 23.4. The first-order valence-electron chi connectivity index (χ1n) is 34.8. The zero-order chi connectivity index (χ0) is 65.8. The number of aliphatic hydroxyl groups excluding tert-OH is 2. The lowest BCUT2D eigenvalue weighted by molar-refractivity contribution is -0.116. The van der Waals surface area contributed by atoms with E-state index >= 15 is 0 Å². The van der Waals surface area contributed by atoms with Gasteiger partial charge in [-0.15, -0.1) is 0 Å². The predicted octanol–water partition coefficient (Wildman–Crippen LogP) is 13.8. The number of fused-ring (bicyclic) bond motifs is 9. The summed E-state index contributed by atoms with van der Waals surface area (Å²) in [7, 11) is -2.78. The normalized spacial score (nSPS) is 29.0. The number of rotatable bonds is 14. The summed E-state index contributed by atoms with van der Waals surface area (Å²) in [6, 6.07) is 51.2. The van der Waals surface area contributed by atoms with Crippen LogP contribution < -0.4 is 21.5 Å². The standard InChI is InChI=1S/C81H92N4O9S/c1-50-17-18-59-39-67-28-30-70(59)72(50)43-75(95(90,91)92)73-41-62-37-61(40-68-36-52(48-86)13-10-15-58-38-66(87)27-29-71(58)77(62)93-68)76(73)56-23-25-64(26-24-56)81(94-67,85-78(82)83)46-65(35-51-11-4-3-5-12-51)80(89)45-63(44-79(49-80)31-8-9-32-79)54-19-21-55(22-20-54)74(88)42-60-34-53(47-84-2)33-57-14-6-7-16-69(57)60/h3-7,11-12,14,16,19-30,33-34,38-39,41,50,52,61,63,65,68,72-77,84,86-89H,8-9,13,17-18,31-32,35-37,40,42-49H2,1-2H3,(H4,82,83,85)(H,90,91,92). The van der Waals surface area contributed by atoms with Gasteiger partial charge in [-0.25, -0.2) is 4.99 Å². The highest BCUT2D eigenvalue weighted by Gasteiger charge is 2.55. The summed E-state index contributed by atoms with van der Waals surface area (Å²) in [6.45, 7) is 2.83. The van der Waals surface area contributed by atoms with Crippen molar-refractivity contribution < 1.29 is 42.9 Å². The van der Waals surface area contributed by atoms with Gasteiger partial charge in [0.25, 0.3) is 10.1 Å². The quantitative estimate of drug-likeness (QED) is 0.0167. The SMILES string of the molecule is CNCc1cc(CC(O)c2ccc(C3CC4(CCCC4)CC(O)(C(Cc4ccccc4)CC4(N=C(N)N)Oc5ccc6c(c5)CCC(C)C6CC(S(=O)(=O)O)C5C=C6CC(CC7CC(CO)CC#Cc8cc(O)ccc8C6O7)C5c5ccc4cc5)C3)cc2)c2ccccc2c1. The van der Waals surface area contributed by atoms with Gasteiger partial charge in [0.1, 0.15) is 17.6 Å². The van der Waals surface area contributed by atoms with Crippen molar-refractivity contribution in [2.24, 2.45) is 51.5 Å². The monoisotopic (exact) mass is 1300 g/mol. The van der Waals surface area contributed by atoms with E-state index in [-0.39, 0.29) is 72.3 Å². The molecule has 95 heavy (non-hydrogen) atoms. The van der Waals surface area contributed by atoms with E-state index in [0.29, 0.717) is 68.2 Å². The maximum Gasteiger partial charge on any atom is 0.268 e. The smallest absolute Gasteiger partial charge is 0.268 e. The first kappa shape index (κ1) is 65.0. The van der Waals surface area contributed by atoms with Crippen LogP contribution in [0.1, 0.15) is 188 Å². The molecule has 3 fully saturated rings. The molecule has 10 bridgehead atoms. The van der Waals surface area contributed by atoms with E-state index in [9.17, 15) is 33.4 Å². The number of aliphatic imine (C=N–C) groups is 1. The number of aliphatic hydroxyl groups is 3. The number of nitrogens with zero attached hydrogens (tertiary/aromatic N) is 1. The number of aryl methyl sites for hydroxylation is 1. The number of hydrogen-bond acceptors (Lipinski definition) is 10. The Balaban J connectivity index is 0.879. The molecule has 14 atom stereocenters. The Morgan fingerprint density at radius 1 is 0.832 bits per heavy atom. The third kappa shape index (κ3) is 13.4. The lowest BCUT2D eigenvalue weighted by Crippen LogP contribution is -2.52. The number of guanidine groups is 1. The van der Waals surface area contributed by atoms with Gasteiger partial charge in [0.05, 0.1) is 23.1 Å². The second-order valence-corrected chi connectivity index (χ2v) is 31.3. The fraction of sp³-hybridized carbons (Fsp3) is 0.444. The number of nitrogens with one attached hydrogen (secondary N) is 1. The summed E-state index contributed by atoms with van der Waals surface area (Å²) in [5, 5.41) is 52.4. The molecule has 10 N–H and O–H groups in total. The molecule has 1 saturated heterocycles. The van der Waals surface area contributed by atoms with E-state index in [1.165, 1.54) is 5.56 Å². The molecule has 0 amide bonds. The summed E-state index contributed by atoms with van der Waals surface area (Å²) in [5.74, 6) is 4.90. The molecule has 2 saturated carbocycles. The van der Waals surface area contributed by atoms with Crippen LogP contribution in [0.2, 0.25) is 0 Å². The maximum atomic E-state index is 14.6. The Morgan fingerprint density at radius 2 is 1.59 bits per heavy atom. The summed E-state index contributed by atoms with van der Waals surface area (Å²) >= 11 is 0. The first-order chi connectivity index (χ1) is 45.8. The zero-order valence-electron chi connectivity index (χ0n) is 54.8. The van der Waals surface area contributed by atoms with Crippen LogP contribution in [-0.2, 0) is 46.4 Å². The van der Waals surface area contributed by atoms with E-state index in [1.807, 2.05) is 37.4 Å². The van der Waals surface area contributed by atoms with Crippen LogP contribution >= 0.6 is 0 Å². The minimum atomic E-state index is -4.73. The second-order valence-electron chi connectivity index (χ2n) is 29.6. The number of allylic oxidation sites excluding steroid dienone is 1. The number of phenolic OH excluding ortho intramolecular Hbond substituents is 1. The van der Waals surface area contributed by atoms with Gasteiger partial charge >= 0.3 is 0 Å². The minimum Gasteiger partial charge on any atom is -0.508 e. The van der Waals surface area contributed by atoms with Crippen LogP contribution in [-0.4, -0.2) is 70.0 Å². The molecular weight excluding hydrogens is 1200 g/mol. The predicted molar refractivity (Wildman–Crippen MR) is 373 cm³/mol. The van der Waals surface area contributed by atoms with Crippen LogP contribution in [0.5, 0.6) is 11.5 Å². The summed E-state index contributed by atoms with van der Waals surface area (Å²) in [5.41, 5.74) is 21.7. The van der Waals surface area contributed by atoms with Crippen LogP contribution in [0.3, 0.4) is 0 Å². The van der Waals surface area contributed by atoms with Crippen molar-refractivity contribution in [3.8, 4) is 23.3 Å². The molecule has 7 aromatic carbocycles. The molecule has 5 heterocycles. The molecule has 0 radical (unpaired) electrons. The molecule has 9 aliphatic rings. The van der Waals surface area contributed by atoms with Gasteiger partial charge in [0.15, 0.2) is 5.96 Å².